The first-order chi connectivity index (χ1) is 13.1. The Hall–Kier alpha value is -3.15. The van der Waals surface area contributed by atoms with Crippen molar-refractivity contribution in [3.05, 3.63) is 66.0 Å². The number of fused-ring (bicyclic) bond motifs is 1. The first-order valence-electron chi connectivity index (χ1n) is 9.19. The van der Waals surface area contributed by atoms with Gasteiger partial charge < -0.3 is 10.4 Å². The molecule has 0 aliphatic heterocycles. The van der Waals surface area contributed by atoms with Crippen molar-refractivity contribution in [2.24, 2.45) is 0 Å². The van der Waals surface area contributed by atoms with E-state index in [2.05, 4.69) is 10.4 Å². The number of rotatable bonds is 5. The molecule has 2 aromatic carbocycles. The van der Waals surface area contributed by atoms with E-state index in [1.165, 1.54) is 0 Å². The minimum atomic E-state index is -1.12. The van der Waals surface area contributed by atoms with Crippen molar-refractivity contribution in [3.63, 3.8) is 0 Å². The van der Waals surface area contributed by atoms with E-state index in [1.807, 2.05) is 36.4 Å². The normalized spacial score (nSPS) is 15.7. The number of aliphatic carboxylic acids is 1. The van der Waals surface area contributed by atoms with Crippen LogP contribution >= 0.6 is 0 Å². The highest BCUT2D eigenvalue weighted by molar-refractivity contribution is 5.96. The van der Waals surface area contributed by atoms with Gasteiger partial charge >= 0.3 is 5.97 Å². The molecular weight excluding hydrogens is 342 g/mol. The maximum absolute atomic E-state index is 12.8. The van der Waals surface area contributed by atoms with Gasteiger partial charge in [-0.05, 0) is 41.3 Å². The number of hydrogen-bond acceptors (Lipinski definition) is 3. The molecule has 1 amide bonds. The van der Waals surface area contributed by atoms with Gasteiger partial charge in [-0.2, -0.15) is 5.10 Å². The van der Waals surface area contributed by atoms with Crippen molar-refractivity contribution in [2.45, 2.75) is 37.8 Å². The number of aromatic nitrogens is 2. The third kappa shape index (κ3) is 3.43. The number of carbonyl (C=O) groups is 2. The third-order valence-electron chi connectivity index (χ3n) is 5.20. The van der Waals surface area contributed by atoms with Crippen LogP contribution in [0.5, 0.6) is 0 Å². The van der Waals surface area contributed by atoms with Gasteiger partial charge in [0.25, 0.3) is 5.91 Å². The van der Waals surface area contributed by atoms with Crippen LogP contribution in [0.3, 0.4) is 0 Å². The van der Waals surface area contributed by atoms with Gasteiger partial charge in [0.2, 0.25) is 0 Å². The van der Waals surface area contributed by atoms with Gasteiger partial charge in [-0.25, -0.2) is 4.79 Å². The summed E-state index contributed by atoms with van der Waals surface area (Å²) in [4.78, 5) is 24.6. The number of hydrogen-bond donors (Lipinski definition) is 2. The maximum atomic E-state index is 12.8. The zero-order valence-electron chi connectivity index (χ0n) is 14.8. The van der Waals surface area contributed by atoms with E-state index in [9.17, 15) is 14.7 Å². The molecule has 1 aromatic heterocycles. The van der Waals surface area contributed by atoms with Gasteiger partial charge in [0, 0.05) is 6.20 Å². The monoisotopic (exact) mass is 363 g/mol. The lowest BCUT2D eigenvalue weighted by molar-refractivity contribution is -0.139. The predicted octanol–water partition coefficient (Wildman–Crippen LogP) is 3.71. The minimum absolute atomic E-state index is 0.213. The lowest BCUT2D eigenvalue weighted by Gasteiger charge is -2.18. The van der Waals surface area contributed by atoms with Gasteiger partial charge in [-0.3, -0.25) is 9.48 Å². The molecule has 1 aliphatic carbocycles. The fourth-order valence-corrected chi connectivity index (χ4v) is 3.81. The molecule has 1 heterocycles. The summed E-state index contributed by atoms with van der Waals surface area (Å²) in [7, 11) is 0. The van der Waals surface area contributed by atoms with Crippen LogP contribution in [0.25, 0.3) is 10.8 Å². The highest BCUT2D eigenvalue weighted by Crippen LogP contribution is 2.30. The Kier molecular flexibility index (Phi) is 4.62. The SMILES string of the molecule is O=C(NC(C(=O)O)c1ccc2ccccc2c1)c1ccnn1C1CCCC1. The van der Waals surface area contributed by atoms with Crippen LogP contribution in [0.1, 0.15) is 53.8 Å². The summed E-state index contributed by atoms with van der Waals surface area (Å²) in [5, 5.41) is 18.6. The number of nitrogens with one attached hydrogen (secondary N) is 1. The molecule has 0 spiro atoms. The molecule has 1 saturated carbocycles. The zero-order valence-corrected chi connectivity index (χ0v) is 14.8. The Labute approximate surface area is 156 Å². The van der Waals surface area contributed by atoms with Crippen LogP contribution in [0.15, 0.2) is 54.7 Å². The molecule has 0 radical (unpaired) electrons. The van der Waals surface area contributed by atoms with Gasteiger partial charge in [-0.1, -0.05) is 49.2 Å². The standard InChI is InChI=1S/C21H21N3O3/c25-20(18-11-12-22-24(18)17-7-3-4-8-17)23-19(21(26)27)16-10-9-14-5-1-2-6-15(14)13-16/h1-2,5-6,9-13,17,19H,3-4,7-8H2,(H,23,25)(H,26,27). The molecule has 0 saturated heterocycles. The quantitative estimate of drug-likeness (QED) is 0.724. The van der Waals surface area contributed by atoms with E-state index in [4.69, 9.17) is 0 Å². The van der Waals surface area contributed by atoms with Crippen molar-refractivity contribution in [1.82, 2.24) is 15.1 Å². The first-order valence-corrected chi connectivity index (χ1v) is 9.19. The van der Waals surface area contributed by atoms with Crippen molar-refractivity contribution in [2.75, 3.05) is 0 Å². The topological polar surface area (TPSA) is 84.2 Å². The lowest BCUT2D eigenvalue weighted by atomic mass is 10.0. The Morgan fingerprint density at radius 2 is 1.81 bits per heavy atom. The molecule has 0 bridgehead atoms. The number of carboxylic acid groups (broad SMARTS) is 1. The Morgan fingerprint density at radius 3 is 2.56 bits per heavy atom. The summed E-state index contributed by atoms with van der Waals surface area (Å²) >= 11 is 0. The van der Waals surface area contributed by atoms with Crippen LogP contribution < -0.4 is 5.32 Å². The van der Waals surface area contributed by atoms with E-state index < -0.39 is 17.9 Å². The van der Waals surface area contributed by atoms with E-state index in [1.54, 1.807) is 23.0 Å². The summed E-state index contributed by atoms with van der Waals surface area (Å²) in [6, 6.07) is 13.9. The molecule has 6 nitrogen and oxygen atoms in total. The highest BCUT2D eigenvalue weighted by atomic mass is 16.4. The van der Waals surface area contributed by atoms with Crippen LogP contribution in [0.2, 0.25) is 0 Å². The molecular formula is C21H21N3O3. The molecule has 1 aliphatic rings. The predicted molar refractivity (Wildman–Crippen MR) is 102 cm³/mol. The minimum Gasteiger partial charge on any atom is -0.479 e. The first kappa shape index (κ1) is 17.3. The molecule has 6 heteroatoms. The van der Waals surface area contributed by atoms with Gasteiger partial charge in [0.15, 0.2) is 6.04 Å². The van der Waals surface area contributed by atoms with E-state index in [0.717, 1.165) is 36.5 Å². The summed E-state index contributed by atoms with van der Waals surface area (Å²) in [6.07, 6.45) is 5.84. The van der Waals surface area contributed by atoms with Crippen molar-refractivity contribution >= 4 is 22.6 Å². The maximum Gasteiger partial charge on any atom is 0.330 e. The molecule has 3 aromatic rings. The highest BCUT2D eigenvalue weighted by Gasteiger charge is 2.27. The largest absolute Gasteiger partial charge is 0.479 e. The van der Waals surface area contributed by atoms with Crippen LogP contribution in [0.4, 0.5) is 0 Å². The Balaban J connectivity index is 1.61. The van der Waals surface area contributed by atoms with Crippen molar-refractivity contribution < 1.29 is 14.7 Å². The average molecular weight is 363 g/mol. The van der Waals surface area contributed by atoms with E-state index in [-0.39, 0.29) is 6.04 Å². The summed E-state index contributed by atoms with van der Waals surface area (Å²) < 4.78 is 1.74. The second kappa shape index (κ2) is 7.23. The number of benzene rings is 2. The Morgan fingerprint density at radius 1 is 1.07 bits per heavy atom. The number of amides is 1. The van der Waals surface area contributed by atoms with Crippen LogP contribution in [-0.2, 0) is 4.79 Å². The van der Waals surface area contributed by atoms with Crippen LogP contribution in [-0.4, -0.2) is 26.8 Å². The second-order valence-corrected chi connectivity index (χ2v) is 6.95. The fraction of sp³-hybridized carbons (Fsp3) is 0.286. The molecule has 1 fully saturated rings. The van der Waals surface area contributed by atoms with Gasteiger partial charge in [-0.15, -0.1) is 0 Å². The molecule has 1 unspecified atom stereocenters. The van der Waals surface area contributed by atoms with Crippen molar-refractivity contribution in [3.8, 4) is 0 Å². The molecule has 1 atom stereocenters. The summed E-state index contributed by atoms with van der Waals surface area (Å²) in [5.74, 6) is -1.51. The molecule has 27 heavy (non-hydrogen) atoms. The second-order valence-electron chi connectivity index (χ2n) is 6.95. The summed E-state index contributed by atoms with van der Waals surface area (Å²) in [5.41, 5.74) is 0.954. The summed E-state index contributed by atoms with van der Waals surface area (Å²) in [6.45, 7) is 0. The number of carbonyl (C=O) groups excluding carboxylic acids is 1. The van der Waals surface area contributed by atoms with Gasteiger partial charge in [0.05, 0.1) is 6.04 Å². The zero-order chi connectivity index (χ0) is 18.8. The van der Waals surface area contributed by atoms with Crippen molar-refractivity contribution in [1.29, 1.82) is 0 Å². The van der Waals surface area contributed by atoms with Gasteiger partial charge in [0.1, 0.15) is 5.69 Å². The lowest BCUT2D eigenvalue weighted by Crippen LogP contribution is -2.35. The molecule has 4 rings (SSSR count). The molecule has 138 valence electrons. The van der Waals surface area contributed by atoms with E-state index >= 15 is 0 Å². The molecule has 2 N–H and O–H groups in total. The average Bonchev–Trinajstić information content (AvgIpc) is 3.36. The Bertz CT molecular complexity index is 989. The number of nitrogens with zero attached hydrogens (tertiary/aromatic N) is 2. The van der Waals surface area contributed by atoms with E-state index in [0.29, 0.717) is 11.3 Å². The smallest absolute Gasteiger partial charge is 0.330 e. The van der Waals surface area contributed by atoms with Crippen LogP contribution in [0, 0.1) is 0 Å². The number of carboxylic acids is 1. The fourth-order valence-electron chi connectivity index (χ4n) is 3.81. The third-order valence-corrected chi connectivity index (χ3v) is 5.20.